The van der Waals surface area contributed by atoms with Crippen LogP contribution in [0.15, 0.2) is 11.3 Å². The van der Waals surface area contributed by atoms with E-state index in [1.54, 1.807) is 6.33 Å². The van der Waals surface area contributed by atoms with Crippen LogP contribution in [0.5, 0.6) is 0 Å². The van der Waals surface area contributed by atoms with Gasteiger partial charge in [-0.1, -0.05) is 6.42 Å². The zero-order chi connectivity index (χ0) is 12.1. The Labute approximate surface area is 101 Å². The highest BCUT2D eigenvalue weighted by Crippen LogP contribution is 2.24. The largest absolute Gasteiger partial charge is 0.370 e. The smallest absolute Gasteiger partial charge is 0.189 e. The number of nitrogens with zero attached hydrogens (tertiary/aromatic N) is 4. The van der Waals surface area contributed by atoms with Crippen molar-refractivity contribution in [2.45, 2.75) is 39.3 Å². The number of nitrogens with two attached hydrogens (primary N) is 1. The first-order valence-corrected chi connectivity index (χ1v) is 6.20. The van der Waals surface area contributed by atoms with Crippen molar-refractivity contribution in [2.75, 3.05) is 6.54 Å². The van der Waals surface area contributed by atoms with Gasteiger partial charge in [0.2, 0.25) is 0 Å². The maximum absolute atomic E-state index is 5.79. The maximum atomic E-state index is 5.79. The van der Waals surface area contributed by atoms with Gasteiger partial charge in [0.25, 0.3) is 0 Å². The Balaban J connectivity index is 1.78. The predicted molar refractivity (Wildman–Crippen MR) is 66.4 cm³/mol. The second kappa shape index (κ2) is 5.65. The van der Waals surface area contributed by atoms with Gasteiger partial charge < -0.3 is 15.6 Å². The topological polar surface area (TPSA) is 81.1 Å². The molecule has 2 rings (SSSR count). The van der Waals surface area contributed by atoms with E-state index in [1.807, 2.05) is 4.57 Å². The minimum absolute atomic E-state index is 0.483. The van der Waals surface area contributed by atoms with E-state index in [9.17, 15) is 0 Å². The maximum Gasteiger partial charge on any atom is 0.189 e. The zero-order valence-corrected chi connectivity index (χ0v) is 10.3. The van der Waals surface area contributed by atoms with Gasteiger partial charge in [-0.25, -0.2) is 4.99 Å². The van der Waals surface area contributed by atoms with Crippen molar-refractivity contribution in [1.82, 2.24) is 20.1 Å². The summed E-state index contributed by atoms with van der Waals surface area (Å²) in [6, 6.07) is 0. The number of nitrogens with one attached hydrogen (secondary N) is 1. The van der Waals surface area contributed by atoms with Crippen LogP contribution in [0.25, 0.3) is 0 Å². The van der Waals surface area contributed by atoms with Gasteiger partial charge in [-0.05, 0) is 25.7 Å². The van der Waals surface area contributed by atoms with E-state index >= 15 is 0 Å². The van der Waals surface area contributed by atoms with Crippen LogP contribution in [0.1, 0.15) is 32.0 Å². The average Bonchev–Trinajstić information content (AvgIpc) is 2.71. The number of hydrogen-bond donors (Lipinski definition) is 2. The molecular weight excluding hydrogens is 216 g/mol. The second-order valence-corrected chi connectivity index (χ2v) is 4.41. The molecule has 1 heterocycles. The summed E-state index contributed by atoms with van der Waals surface area (Å²) in [6.07, 6.45) is 5.68. The van der Waals surface area contributed by atoms with E-state index in [1.165, 1.54) is 19.3 Å². The molecule has 0 bridgehead atoms. The molecule has 3 N–H and O–H groups in total. The molecule has 0 aliphatic heterocycles. The summed E-state index contributed by atoms with van der Waals surface area (Å²) < 4.78 is 1.96. The average molecular weight is 236 g/mol. The van der Waals surface area contributed by atoms with Gasteiger partial charge in [-0.15, -0.1) is 10.2 Å². The van der Waals surface area contributed by atoms with Crippen LogP contribution in [0.3, 0.4) is 0 Å². The minimum Gasteiger partial charge on any atom is -0.370 e. The Kier molecular flexibility index (Phi) is 3.95. The predicted octanol–water partition coefficient (Wildman–Crippen LogP) is 0.502. The Bertz CT molecular complexity index is 379. The van der Waals surface area contributed by atoms with Crippen molar-refractivity contribution in [3.8, 4) is 0 Å². The lowest BCUT2D eigenvalue weighted by atomic mass is 9.85. The van der Waals surface area contributed by atoms with Gasteiger partial charge in [0.15, 0.2) is 11.8 Å². The standard InChI is InChI=1S/C11H20N6/c1-2-17-8-15-16-10(17)7-14-11(12)13-6-9-4-3-5-9/h8-9H,2-7H2,1H3,(H3,12,13,14). The van der Waals surface area contributed by atoms with Gasteiger partial charge in [0.05, 0.1) is 0 Å². The van der Waals surface area contributed by atoms with E-state index in [-0.39, 0.29) is 0 Å². The molecular formula is C11H20N6. The molecule has 17 heavy (non-hydrogen) atoms. The molecule has 1 aromatic rings. The highest BCUT2D eigenvalue weighted by molar-refractivity contribution is 5.77. The molecule has 0 radical (unpaired) electrons. The van der Waals surface area contributed by atoms with Crippen molar-refractivity contribution < 1.29 is 0 Å². The van der Waals surface area contributed by atoms with Gasteiger partial charge in [0, 0.05) is 13.1 Å². The van der Waals surface area contributed by atoms with Crippen LogP contribution in [0.4, 0.5) is 0 Å². The van der Waals surface area contributed by atoms with Crippen LogP contribution in [0, 0.1) is 5.92 Å². The van der Waals surface area contributed by atoms with Crippen molar-refractivity contribution >= 4 is 5.96 Å². The molecule has 1 aromatic heterocycles. The van der Waals surface area contributed by atoms with E-state index in [0.717, 1.165) is 24.8 Å². The molecule has 0 spiro atoms. The van der Waals surface area contributed by atoms with Crippen molar-refractivity contribution in [1.29, 1.82) is 0 Å². The number of rotatable bonds is 5. The Morgan fingerprint density at radius 1 is 1.65 bits per heavy atom. The second-order valence-electron chi connectivity index (χ2n) is 4.41. The van der Waals surface area contributed by atoms with E-state index < -0.39 is 0 Å². The number of aromatic nitrogens is 3. The molecule has 0 atom stereocenters. The summed E-state index contributed by atoms with van der Waals surface area (Å²) >= 11 is 0. The molecule has 0 unspecified atom stereocenters. The quantitative estimate of drug-likeness (QED) is 0.576. The summed E-state index contributed by atoms with van der Waals surface area (Å²) in [5.74, 6) is 2.13. The molecule has 0 saturated heterocycles. The molecule has 1 saturated carbocycles. The lowest BCUT2D eigenvalue weighted by molar-refractivity contribution is 0.315. The molecule has 1 fully saturated rings. The molecule has 6 nitrogen and oxygen atoms in total. The fraction of sp³-hybridized carbons (Fsp3) is 0.727. The molecule has 1 aliphatic carbocycles. The number of aliphatic imine (C=N–C) groups is 1. The Hall–Kier alpha value is -1.59. The minimum atomic E-state index is 0.483. The van der Waals surface area contributed by atoms with E-state index in [2.05, 4.69) is 27.4 Å². The van der Waals surface area contributed by atoms with Gasteiger partial charge in [-0.2, -0.15) is 0 Å². The molecule has 0 aromatic carbocycles. The molecule has 6 heteroatoms. The van der Waals surface area contributed by atoms with Crippen molar-refractivity contribution in [3.05, 3.63) is 12.2 Å². The third-order valence-corrected chi connectivity index (χ3v) is 3.22. The van der Waals surface area contributed by atoms with Crippen LogP contribution in [0.2, 0.25) is 0 Å². The van der Waals surface area contributed by atoms with E-state index in [4.69, 9.17) is 5.73 Å². The molecule has 1 aliphatic rings. The first-order chi connectivity index (χ1) is 8.29. The SMILES string of the molecule is CCn1cnnc1CN=C(N)NCC1CCC1. The lowest BCUT2D eigenvalue weighted by Gasteiger charge is -2.25. The summed E-state index contributed by atoms with van der Waals surface area (Å²) in [6.45, 7) is 4.33. The highest BCUT2D eigenvalue weighted by atomic mass is 15.3. The van der Waals surface area contributed by atoms with Crippen molar-refractivity contribution in [3.63, 3.8) is 0 Å². The summed E-state index contributed by atoms with van der Waals surface area (Å²) in [4.78, 5) is 4.27. The van der Waals surface area contributed by atoms with Gasteiger partial charge in [-0.3, -0.25) is 0 Å². The molecule has 94 valence electrons. The Morgan fingerprint density at radius 3 is 3.12 bits per heavy atom. The number of hydrogen-bond acceptors (Lipinski definition) is 3. The molecule has 0 amide bonds. The summed E-state index contributed by atoms with van der Waals surface area (Å²) in [7, 11) is 0. The lowest BCUT2D eigenvalue weighted by Crippen LogP contribution is -2.37. The van der Waals surface area contributed by atoms with Crippen LogP contribution in [-0.2, 0) is 13.1 Å². The van der Waals surface area contributed by atoms with Gasteiger partial charge >= 0.3 is 0 Å². The first-order valence-electron chi connectivity index (χ1n) is 6.20. The monoisotopic (exact) mass is 236 g/mol. The third-order valence-electron chi connectivity index (χ3n) is 3.22. The fourth-order valence-electron chi connectivity index (χ4n) is 1.82. The number of guanidine groups is 1. The normalized spacial score (nSPS) is 16.9. The van der Waals surface area contributed by atoms with Crippen LogP contribution < -0.4 is 11.1 Å². The zero-order valence-electron chi connectivity index (χ0n) is 10.3. The fourth-order valence-corrected chi connectivity index (χ4v) is 1.82. The van der Waals surface area contributed by atoms with Crippen molar-refractivity contribution in [2.24, 2.45) is 16.6 Å². The summed E-state index contributed by atoms with van der Waals surface area (Å²) in [5.41, 5.74) is 5.79. The van der Waals surface area contributed by atoms with Crippen LogP contribution in [-0.4, -0.2) is 27.3 Å². The van der Waals surface area contributed by atoms with Crippen LogP contribution >= 0.6 is 0 Å². The highest BCUT2D eigenvalue weighted by Gasteiger charge is 2.16. The van der Waals surface area contributed by atoms with Gasteiger partial charge in [0.1, 0.15) is 12.9 Å². The number of aryl methyl sites for hydroxylation is 1. The van der Waals surface area contributed by atoms with E-state index in [0.29, 0.717) is 12.5 Å². The third kappa shape index (κ3) is 3.18. The summed E-state index contributed by atoms with van der Waals surface area (Å²) in [5, 5.41) is 11.0. The first kappa shape index (κ1) is 11.9. The Morgan fingerprint density at radius 2 is 2.47 bits per heavy atom.